The molecule has 2 amide bonds. The van der Waals surface area contributed by atoms with E-state index in [-0.39, 0.29) is 40.5 Å². The Kier molecular flexibility index (Phi) is 9.34. The third-order valence-corrected chi connectivity index (χ3v) is 10.5. The van der Waals surface area contributed by atoms with Gasteiger partial charge < -0.3 is 19.2 Å². The van der Waals surface area contributed by atoms with E-state index in [0.717, 1.165) is 11.4 Å². The normalized spacial score (nSPS) is 22.1. The van der Waals surface area contributed by atoms with E-state index < -0.39 is 15.7 Å². The van der Waals surface area contributed by atoms with Gasteiger partial charge in [-0.25, -0.2) is 13.4 Å². The molecule has 2 aliphatic heterocycles. The first-order chi connectivity index (χ1) is 19.7. The summed E-state index contributed by atoms with van der Waals surface area (Å²) in [5, 5.41) is 7.07. The van der Waals surface area contributed by atoms with Crippen LogP contribution < -0.4 is 5.32 Å². The van der Waals surface area contributed by atoms with Gasteiger partial charge in [-0.2, -0.15) is 0 Å². The summed E-state index contributed by atoms with van der Waals surface area (Å²) < 4.78 is 35.5. The van der Waals surface area contributed by atoms with Crippen molar-refractivity contribution in [2.24, 2.45) is 5.16 Å². The van der Waals surface area contributed by atoms with Gasteiger partial charge in [0, 0.05) is 62.4 Å². The summed E-state index contributed by atoms with van der Waals surface area (Å²) in [6, 6.07) is 6.33. The molecule has 1 saturated carbocycles. The Morgan fingerprint density at radius 2 is 1.98 bits per heavy atom. The molecule has 0 radical (unpaired) electrons. The van der Waals surface area contributed by atoms with Crippen LogP contribution in [-0.2, 0) is 40.3 Å². The fourth-order valence-corrected chi connectivity index (χ4v) is 7.28. The molecule has 3 fully saturated rings. The lowest BCUT2D eigenvalue weighted by atomic mass is 10.1. The van der Waals surface area contributed by atoms with Crippen LogP contribution in [-0.4, -0.2) is 105 Å². The largest absolute Gasteiger partial charge is 0.389 e. The van der Waals surface area contributed by atoms with Gasteiger partial charge in [-0.1, -0.05) is 17.3 Å². The van der Waals surface area contributed by atoms with Crippen LogP contribution in [0.3, 0.4) is 0 Å². The molecule has 3 heterocycles. The first-order valence-corrected chi connectivity index (χ1v) is 16.0. The van der Waals surface area contributed by atoms with E-state index in [1.165, 1.54) is 30.6 Å². The number of sulfone groups is 1. The topological polar surface area (TPSA) is 140 Å². The Hall–Kier alpha value is -2.91. The predicted octanol–water partition coefficient (Wildman–Crippen LogP) is 1.91. The van der Waals surface area contributed by atoms with Gasteiger partial charge in [-0.05, 0) is 31.9 Å². The maximum Gasteiger partial charge on any atom is 0.280 e. The number of hydrogen-bond donors (Lipinski definition) is 1. The Balaban J connectivity index is 1.25. The number of anilines is 1. The second kappa shape index (κ2) is 12.9. The summed E-state index contributed by atoms with van der Waals surface area (Å²) in [6.45, 7) is 5.73. The lowest BCUT2D eigenvalue weighted by molar-refractivity contribution is -0.138. The first-order valence-electron chi connectivity index (χ1n) is 13.7. The zero-order chi connectivity index (χ0) is 29.0. The van der Waals surface area contributed by atoms with Crippen molar-refractivity contribution in [3.63, 3.8) is 0 Å². The zero-order valence-corrected chi connectivity index (χ0v) is 24.8. The number of amides is 2. The minimum absolute atomic E-state index is 0.0112. The van der Waals surface area contributed by atoms with Crippen LogP contribution in [0.1, 0.15) is 36.6 Å². The Morgan fingerprint density at radius 1 is 1.20 bits per heavy atom. The number of carbonyl (C=O) groups excluding carboxylic acids is 2. The number of methoxy groups -OCH3 is 1. The van der Waals surface area contributed by atoms with Crippen LogP contribution in [0.4, 0.5) is 5.13 Å². The highest BCUT2D eigenvalue weighted by atomic mass is 32.2. The van der Waals surface area contributed by atoms with Gasteiger partial charge in [0.1, 0.15) is 6.61 Å². The van der Waals surface area contributed by atoms with Crippen LogP contribution in [0.25, 0.3) is 0 Å². The summed E-state index contributed by atoms with van der Waals surface area (Å²) in [7, 11) is -1.84. The molecular weight excluding hydrogens is 570 g/mol. The van der Waals surface area contributed by atoms with Crippen molar-refractivity contribution >= 4 is 43.8 Å². The molecule has 1 aromatic carbocycles. The predicted molar refractivity (Wildman–Crippen MR) is 153 cm³/mol. The average Bonchev–Trinajstić information content (AvgIpc) is 3.54. The summed E-state index contributed by atoms with van der Waals surface area (Å²) in [5.41, 5.74) is 0.456. The molecule has 0 spiro atoms. The molecule has 5 rings (SSSR count). The Morgan fingerprint density at radius 3 is 2.63 bits per heavy atom. The van der Waals surface area contributed by atoms with Crippen molar-refractivity contribution in [3.8, 4) is 0 Å². The van der Waals surface area contributed by atoms with Gasteiger partial charge in [0.15, 0.2) is 26.8 Å². The number of hydrogen-bond acceptors (Lipinski definition) is 11. The lowest BCUT2D eigenvalue weighted by Crippen LogP contribution is -2.53. The zero-order valence-electron chi connectivity index (χ0n) is 23.2. The molecule has 222 valence electrons. The van der Waals surface area contributed by atoms with Gasteiger partial charge >= 0.3 is 0 Å². The highest BCUT2D eigenvalue weighted by Gasteiger charge is 2.37. The monoisotopic (exact) mass is 605 g/mol. The molecule has 14 heteroatoms. The second-order valence-electron chi connectivity index (χ2n) is 10.5. The third kappa shape index (κ3) is 7.30. The average molecular weight is 606 g/mol. The van der Waals surface area contributed by atoms with E-state index in [2.05, 4.69) is 27.3 Å². The molecule has 41 heavy (non-hydrogen) atoms. The fourth-order valence-electron chi connectivity index (χ4n) is 4.79. The van der Waals surface area contributed by atoms with E-state index in [0.29, 0.717) is 62.8 Å². The molecule has 1 N–H and O–H groups in total. The molecule has 0 bridgehead atoms. The van der Waals surface area contributed by atoms with Gasteiger partial charge in [-0.3, -0.25) is 19.8 Å². The summed E-state index contributed by atoms with van der Waals surface area (Å²) >= 11 is 1.36. The van der Waals surface area contributed by atoms with Crippen LogP contribution in [0.2, 0.25) is 0 Å². The number of rotatable bonds is 11. The molecular formula is C27H35N5O7S2. The smallest absolute Gasteiger partial charge is 0.280 e. The molecule has 1 aliphatic carbocycles. The Labute approximate surface area is 243 Å². The number of piperazine rings is 1. The minimum Gasteiger partial charge on any atom is -0.389 e. The molecule has 1 aromatic heterocycles. The number of nitrogens with zero attached hydrogens (tertiary/aromatic N) is 4. The van der Waals surface area contributed by atoms with Crippen molar-refractivity contribution in [2.75, 3.05) is 51.9 Å². The number of carbonyl (C=O) groups is 2. The maximum atomic E-state index is 13.4. The molecule has 2 atom stereocenters. The van der Waals surface area contributed by atoms with Gasteiger partial charge in [0.05, 0.1) is 23.4 Å². The van der Waals surface area contributed by atoms with Crippen molar-refractivity contribution in [1.82, 2.24) is 14.8 Å². The van der Waals surface area contributed by atoms with Crippen molar-refractivity contribution in [3.05, 3.63) is 40.9 Å². The highest BCUT2D eigenvalue weighted by molar-refractivity contribution is 7.92. The van der Waals surface area contributed by atoms with E-state index in [9.17, 15) is 18.0 Å². The van der Waals surface area contributed by atoms with Crippen LogP contribution in [0.5, 0.6) is 0 Å². The number of ether oxygens (including phenoxy) is 2. The lowest BCUT2D eigenvalue weighted by Gasteiger charge is -2.39. The standard InChI is InChI=1S/C27H35N5O7S2/c1-18-14-32(24(33)17-37-2)11-10-31(18)15-21-13-28-27(40-21)29-26(34)25(30-39-20-9-12-38-16-20)19-3-5-22(6-4-19)41(35,36)23-7-8-23/h3-6,13,18,20,23H,7-12,14-17H2,1-2H3,(H,28,29,34)/b30-25+/t18-,20+/m0/s1. The number of nitrogens with one attached hydrogen (secondary N) is 1. The minimum atomic E-state index is -3.35. The quantitative estimate of drug-likeness (QED) is 0.301. The Bertz CT molecular complexity index is 1370. The van der Waals surface area contributed by atoms with E-state index >= 15 is 0 Å². The number of thiazole rings is 1. The van der Waals surface area contributed by atoms with Crippen molar-refractivity contribution in [2.45, 2.75) is 55.0 Å². The first kappa shape index (κ1) is 29.6. The summed E-state index contributed by atoms with van der Waals surface area (Å²) in [4.78, 5) is 40.8. The molecule has 2 saturated heterocycles. The second-order valence-corrected chi connectivity index (χ2v) is 13.8. The summed E-state index contributed by atoms with van der Waals surface area (Å²) in [5.74, 6) is -0.524. The fraction of sp³-hybridized carbons (Fsp3) is 0.556. The van der Waals surface area contributed by atoms with Crippen LogP contribution in [0.15, 0.2) is 40.5 Å². The van der Waals surface area contributed by atoms with E-state index in [1.807, 2.05) is 4.90 Å². The van der Waals surface area contributed by atoms with Gasteiger partial charge in [-0.15, -0.1) is 11.3 Å². The maximum absolute atomic E-state index is 13.4. The van der Waals surface area contributed by atoms with E-state index in [1.54, 1.807) is 18.3 Å². The molecule has 3 aliphatic rings. The molecule has 12 nitrogen and oxygen atoms in total. The summed E-state index contributed by atoms with van der Waals surface area (Å²) in [6.07, 6.45) is 3.49. The SMILES string of the molecule is COCC(=O)N1CCN(Cc2cnc(NC(=O)/C(=N/O[C@@H]3CCOC3)c3ccc(S(=O)(=O)C4CC4)cc3)s2)[C@@H](C)C1. The van der Waals surface area contributed by atoms with Crippen LogP contribution >= 0.6 is 11.3 Å². The number of aromatic nitrogens is 1. The van der Waals surface area contributed by atoms with Crippen LogP contribution in [0, 0.1) is 0 Å². The number of benzene rings is 1. The third-order valence-electron chi connectivity index (χ3n) is 7.33. The highest BCUT2D eigenvalue weighted by Crippen LogP contribution is 2.33. The molecule has 0 unspecified atom stereocenters. The van der Waals surface area contributed by atoms with Crippen molar-refractivity contribution < 1.29 is 32.3 Å². The van der Waals surface area contributed by atoms with Gasteiger partial charge in [0.2, 0.25) is 5.91 Å². The van der Waals surface area contributed by atoms with Gasteiger partial charge in [0.25, 0.3) is 5.91 Å². The van der Waals surface area contributed by atoms with Crippen molar-refractivity contribution in [1.29, 1.82) is 0 Å². The molecule has 2 aromatic rings. The van der Waals surface area contributed by atoms with E-state index in [4.69, 9.17) is 14.3 Å². The number of oxime groups is 1.